The highest BCUT2D eigenvalue weighted by Gasteiger charge is 2.57. The van der Waals surface area contributed by atoms with E-state index in [9.17, 15) is 4.79 Å². The quantitative estimate of drug-likeness (QED) is 0.406. The third kappa shape index (κ3) is 2.67. The van der Waals surface area contributed by atoms with Crippen molar-refractivity contribution in [1.82, 2.24) is 4.90 Å². The minimum atomic E-state index is -0.0166. The van der Waals surface area contributed by atoms with E-state index in [-0.39, 0.29) is 17.2 Å². The molecule has 5 heteroatoms. The Bertz CT molecular complexity index is 1100. The Morgan fingerprint density at radius 2 is 1.59 bits per heavy atom. The normalized spacial score (nSPS) is 36.5. The second-order valence-electron chi connectivity index (χ2n) is 10.7. The van der Waals surface area contributed by atoms with Gasteiger partial charge in [0.15, 0.2) is 0 Å². The number of nitrogens with zero attached hydrogens (tertiary/aromatic N) is 1. The van der Waals surface area contributed by atoms with E-state index in [1.165, 1.54) is 72.5 Å². The van der Waals surface area contributed by atoms with Crippen LogP contribution in [0, 0.1) is 17.8 Å². The first kappa shape index (κ1) is 19.6. The molecule has 7 aliphatic rings. The van der Waals surface area contributed by atoms with E-state index in [2.05, 4.69) is 42.5 Å². The molecular formula is C27H27NO2S2. The number of hydrogen-bond donors (Lipinski definition) is 0. The zero-order valence-electron chi connectivity index (χ0n) is 18.3. The van der Waals surface area contributed by atoms with Gasteiger partial charge in [0, 0.05) is 5.56 Å². The maximum atomic E-state index is 12.1. The fraction of sp³-hybridized carbons (Fsp3) is 0.481. The number of fused-ring (bicyclic) bond motifs is 1. The largest absolute Gasteiger partial charge is 0.496 e. The van der Waals surface area contributed by atoms with Gasteiger partial charge in [0.1, 0.15) is 15.3 Å². The zero-order valence-corrected chi connectivity index (χ0v) is 19.9. The van der Waals surface area contributed by atoms with Crippen LogP contribution in [0.4, 0.5) is 0 Å². The van der Waals surface area contributed by atoms with Gasteiger partial charge >= 0.3 is 0 Å². The van der Waals surface area contributed by atoms with Gasteiger partial charge < -0.3 is 4.74 Å². The van der Waals surface area contributed by atoms with Crippen LogP contribution in [-0.4, -0.2) is 27.5 Å². The van der Waals surface area contributed by atoms with Gasteiger partial charge in [0.2, 0.25) is 5.91 Å². The summed E-state index contributed by atoms with van der Waals surface area (Å²) in [5.41, 5.74) is 5.42. The molecule has 4 aliphatic carbocycles. The predicted octanol–water partition coefficient (Wildman–Crippen LogP) is 6.11. The van der Waals surface area contributed by atoms with Crippen LogP contribution in [0.25, 0.3) is 11.1 Å². The Labute approximate surface area is 198 Å². The average molecular weight is 462 g/mol. The number of carbonyl (C=O) groups is 1. The summed E-state index contributed by atoms with van der Waals surface area (Å²) < 4.78 is 6.62. The lowest BCUT2D eigenvalue weighted by Gasteiger charge is -2.57. The smallest absolute Gasteiger partial charge is 0.244 e. The molecule has 2 atom stereocenters. The number of benzene rings is 2. The molecule has 164 valence electrons. The highest BCUT2D eigenvalue weighted by Crippen LogP contribution is 2.62. The number of thioether (sulfide) groups is 1. The van der Waals surface area contributed by atoms with Crippen molar-refractivity contribution in [2.45, 2.75) is 55.2 Å². The first-order chi connectivity index (χ1) is 15.5. The summed E-state index contributed by atoms with van der Waals surface area (Å²) in [6.45, 7) is 0. The van der Waals surface area contributed by atoms with Gasteiger partial charge in [-0.25, -0.2) is 0 Å². The molecule has 3 aliphatic heterocycles. The van der Waals surface area contributed by atoms with Gasteiger partial charge in [-0.1, -0.05) is 54.3 Å². The lowest BCUT2D eigenvalue weighted by Crippen LogP contribution is -2.50. The number of thiocarbonyl (C=S) groups is 1. The summed E-state index contributed by atoms with van der Waals surface area (Å²) in [4.78, 5) is 13.8. The fourth-order valence-corrected chi connectivity index (χ4v) is 9.56. The third-order valence-electron chi connectivity index (χ3n) is 8.86. The van der Waals surface area contributed by atoms with Crippen molar-refractivity contribution in [3.63, 3.8) is 0 Å². The summed E-state index contributed by atoms with van der Waals surface area (Å²) in [5, 5.41) is -0.0166. The standard InChI is InChI=1S/C27H27NO2S2/c1-30-22-7-6-20(11-21(22)27-12-15-8-16(13-27)10-17(9-15)14-27)18-2-4-19(5-3-18)23-24-25(29)28(23)26(31)32-24/h2-7,11,15-17,23-24H,8-10,12-14H2,1H3. The molecule has 2 unspecified atom stereocenters. The minimum absolute atomic E-state index is 0.0166. The van der Waals surface area contributed by atoms with Crippen molar-refractivity contribution in [2.24, 2.45) is 17.8 Å². The number of rotatable bonds is 4. The van der Waals surface area contributed by atoms with E-state index >= 15 is 0 Å². The van der Waals surface area contributed by atoms with Crippen molar-refractivity contribution in [3.05, 3.63) is 53.6 Å². The number of amides is 1. The summed E-state index contributed by atoms with van der Waals surface area (Å²) in [6.07, 6.45) is 8.36. The van der Waals surface area contributed by atoms with Gasteiger partial charge in [-0.15, -0.1) is 0 Å². The molecule has 0 radical (unpaired) electrons. The molecule has 3 nitrogen and oxygen atoms in total. The van der Waals surface area contributed by atoms with Crippen molar-refractivity contribution in [3.8, 4) is 16.9 Å². The lowest BCUT2D eigenvalue weighted by molar-refractivity contribution is -0.136. The van der Waals surface area contributed by atoms with Gasteiger partial charge in [0.25, 0.3) is 0 Å². The van der Waals surface area contributed by atoms with E-state index in [0.29, 0.717) is 5.41 Å². The van der Waals surface area contributed by atoms with Crippen LogP contribution in [0.15, 0.2) is 42.5 Å². The van der Waals surface area contributed by atoms with Crippen LogP contribution in [0.2, 0.25) is 0 Å². The molecule has 6 bridgehead atoms. The van der Waals surface area contributed by atoms with E-state index in [4.69, 9.17) is 17.0 Å². The Morgan fingerprint density at radius 3 is 2.12 bits per heavy atom. The predicted molar refractivity (Wildman–Crippen MR) is 132 cm³/mol. The summed E-state index contributed by atoms with van der Waals surface area (Å²) in [6, 6.07) is 15.7. The van der Waals surface area contributed by atoms with Crippen LogP contribution >= 0.6 is 24.0 Å². The third-order valence-corrected chi connectivity index (χ3v) is 10.5. The second-order valence-corrected chi connectivity index (χ2v) is 12.5. The molecule has 2 aromatic carbocycles. The van der Waals surface area contributed by atoms with Gasteiger partial charge in [-0.2, -0.15) is 0 Å². The minimum Gasteiger partial charge on any atom is -0.496 e. The topological polar surface area (TPSA) is 29.5 Å². The van der Waals surface area contributed by atoms with Crippen molar-refractivity contribution >= 4 is 34.2 Å². The van der Waals surface area contributed by atoms with Gasteiger partial charge in [0.05, 0.1) is 13.2 Å². The molecule has 3 heterocycles. The molecule has 1 amide bonds. The number of hydrogen-bond acceptors (Lipinski definition) is 4. The Kier molecular flexibility index (Phi) is 4.18. The number of β-lactam (4-membered cyclic amide) rings is 1. The van der Waals surface area contributed by atoms with Gasteiger partial charge in [-0.3, -0.25) is 9.69 Å². The SMILES string of the molecule is COc1ccc(-c2ccc(C3C4SC(=S)N3C4=O)cc2)cc1C12CC3CC(CC(C3)C1)C2. The zero-order chi connectivity index (χ0) is 21.6. The maximum absolute atomic E-state index is 12.1. The number of ether oxygens (including phenoxy) is 1. The molecule has 0 aromatic heterocycles. The van der Waals surface area contributed by atoms with Crippen LogP contribution in [0.5, 0.6) is 5.75 Å². The number of methoxy groups -OCH3 is 1. The van der Waals surface area contributed by atoms with E-state index in [1.54, 1.807) is 4.90 Å². The maximum Gasteiger partial charge on any atom is 0.244 e. The van der Waals surface area contributed by atoms with Crippen LogP contribution in [0.3, 0.4) is 0 Å². The van der Waals surface area contributed by atoms with Crippen LogP contribution < -0.4 is 4.74 Å². The molecule has 4 saturated carbocycles. The molecule has 32 heavy (non-hydrogen) atoms. The van der Waals surface area contributed by atoms with Crippen LogP contribution in [0.1, 0.15) is 55.7 Å². The van der Waals surface area contributed by atoms with E-state index in [1.807, 2.05) is 7.11 Å². The summed E-state index contributed by atoms with van der Waals surface area (Å²) in [7, 11) is 1.82. The van der Waals surface area contributed by atoms with Crippen molar-refractivity contribution < 1.29 is 9.53 Å². The Hall–Kier alpha value is -1.85. The molecule has 9 rings (SSSR count). The fourth-order valence-electron chi connectivity index (χ4n) is 7.89. The van der Waals surface area contributed by atoms with Gasteiger partial charge in [-0.05, 0) is 90.5 Å². The molecule has 0 spiro atoms. The highest BCUT2D eigenvalue weighted by molar-refractivity contribution is 8.24. The molecular weight excluding hydrogens is 434 g/mol. The van der Waals surface area contributed by atoms with Crippen LogP contribution in [-0.2, 0) is 10.2 Å². The van der Waals surface area contributed by atoms with E-state index < -0.39 is 0 Å². The lowest BCUT2D eigenvalue weighted by atomic mass is 9.48. The summed E-state index contributed by atoms with van der Waals surface area (Å²) in [5.74, 6) is 3.97. The Balaban J connectivity index is 1.22. The first-order valence-corrected chi connectivity index (χ1v) is 13.2. The molecule has 0 N–H and O–H groups in total. The van der Waals surface area contributed by atoms with E-state index in [0.717, 1.165) is 27.8 Å². The molecule has 3 saturated heterocycles. The molecule has 2 aromatic rings. The first-order valence-electron chi connectivity index (χ1n) is 11.9. The Morgan fingerprint density at radius 1 is 0.969 bits per heavy atom. The number of carbonyl (C=O) groups excluding carboxylic acids is 1. The van der Waals surface area contributed by atoms with Crippen molar-refractivity contribution in [2.75, 3.05) is 7.11 Å². The second kappa shape index (κ2) is 6.83. The monoisotopic (exact) mass is 461 g/mol. The average Bonchev–Trinajstić information content (AvgIpc) is 3.30. The van der Waals surface area contributed by atoms with Crippen molar-refractivity contribution in [1.29, 1.82) is 0 Å². The molecule has 7 fully saturated rings. The summed E-state index contributed by atoms with van der Waals surface area (Å²) >= 11 is 6.88. The highest BCUT2D eigenvalue weighted by atomic mass is 32.2.